The number of hydrogen-bond acceptors (Lipinski definition) is 5. The van der Waals surface area contributed by atoms with Crippen molar-refractivity contribution in [3.8, 4) is 0 Å². The third-order valence-corrected chi connectivity index (χ3v) is 3.08. The van der Waals surface area contributed by atoms with E-state index in [-0.39, 0.29) is 11.6 Å². The Labute approximate surface area is 103 Å². The molecule has 0 aliphatic heterocycles. The molecule has 0 aromatic carbocycles. The summed E-state index contributed by atoms with van der Waals surface area (Å²) in [6.45, 7) is 0.711. The standard InChI is InChI=1S/C10H15N5O3/c11-10(2-1-3-10)9(18)12-4-5-15-6-7(8(16)17)13-14-15/h6H,1-5,11H2,(H,12,18)(H,16,17). The van der Waals surface area contributed by atoms with Crippen LogP contribution in [0, 0.1) is 0 Å². The molecule has 0 bridgehead atoms. The number of carboxylic acids is 1. The fourth-order valence-electron chi connectivity index (χ4n) is 1.75. The molecule has 4 N–H and O–H groups in total. The van der Waals surface area contributed by atoms with Gasteiger partial charge in [0.1, 0.15) is 0 Å². The molecule has 0 spiro atoms. The van der Waals surface area contributed by atoms with Crippen molar-refractivity contribution >= 4 is 11.9 Å². The van der Waals surface area contributed by atoms with Gasteiger partial charge in [0, 0.05) is 6.54 Å². The quantitative estimate of drug-likeness (QED) is 0.616. The lowest BCUT2D eigenvalue weighted by atomic mass is 9.77. The number of carbonyl (C=O) groups is 2. The van der Waals surface area contributed by atoms with E-state index in [2.05, 4.69) is 15.6 Å². The van der Waals surface area contributed by atoms with E-state index in [1.54, 1.807) is 0 Å². The highest BCUT2D eigenvalue weighted by molar-refractivity contribution is 5.87. The van der Waals surface area contributed by atoms with Crippen LogP contribution in [0.5, 0.6) is 0 Å². The molecule has 1 saturated carbocycles. The van der Waals surface area contributed by atoms with Gasteiger partial charge in [-0.05, 0) is 19.3 Å². The van der Waals surface area contributed by atoms with Crippen molar-refractivity contribution in [2.75, 3.05) is 6.54 Å². The predicted octanol–water partition coefficient (Wildman–Crippen LogP) is -1.03. The van der Waals surface area contributed by atoms with Crippen LogP contribution in [0.2, 0.25) is 0 Å². The Morgan fingerprint density at radius 3 is 2.78 bits per heavy atom. The van der Waals surface area contributed by atoms with Crippen molar-refractivity contribution in [3.05, 3.63) is 11.9 Å². The zero-order valence-electron chi connectivity index (χ0n) is 9.80. The minimum Gasteiger partial charge on any atom is -0.476 e. The van der Waals surface area contributed by atoms with Crippen LogP contribution in [0.1, 0.15) is 29.8 Å². The van der Waals surface area contributed by atoms with Gasteiger partial charge in [-0.2, -0.15) is 0 Å². The summed E-state index contributed by atoms with van der Waals surface area (Å²) in [6.07, 6.45) is 3.72. The first-order valence-corrected chi connectivity index (χ1v) is 5.72. The van der Waals surface area contributed by atoms with Crippen LogP contribution in [0.3, 0.4) is 0 Å². The van der Waals surface area contributed by atoms with Crippen LogP contribution in [0.25, 0.3) is 0 Å². The zero-order chi connectivity index (χ0) is 13.2. The maximum absolute atomic E-state index is 11.7. The number of nitrogens with one attached hydrogen (secondary N) is 1. The third kappa shape index (κ3) is 2.48. The van der Waals surface area contributed by atoms with E-state index in [0.717, 1.165) is 6.42 Å². The molecule has 1 aliphatic rings. The van der Waals surface area contributed by atoms with Gasteiger partial charge in [-0.3, -0.25) is 4.79 Å². The number of hydrogen-bond donors (Lipinski definition) is 3. The minimum absolute atomic E-state index is 0.115. The van der Waals surface area contributed by atoms with Crippen molar-refractivity contribution in [1.82, 2.24) is 20.3 Å². The Morgan fingerprint density at radius 2 is 2.28 bits per heavy atom. The lowest BCUT2D eigenvalue weighted by Gasteiger charge is -2.36. The van der Waals surface area contributed by atoms with Crippen LogP contribution in [0.15, 0.2) is 6.20 Å². The maximum atomic E-state index is 11.7. The van der Waals surface area contributed by atoms with Crippen molar-refractivity contribution in [1.29, 1.82) is 0 Å². The summed E-state index contributed by atoms with van der Waals surface area (Å²) in [7, 11) is 0. The number of rotatable bonds is 5. The number of carbonyl (C=O) groups excluding carboxylic acids is 1. The number of aromatic carboxylic acids is 1. The molecular formula is C10H15N5O3. The molecular weight excluding hydrogens is 238 g/mol. The monoisotopic (exact) mass is 253 g/mol. The Morgan fingerprint density at radius 1 is 1.56 bits per heavy atom. The first kappa shape index (κ1) is 12.5. The Kier molecular flexibility index (Phi) is 3.28. The van der Waals surface area contributed by atoms with Gasteiger partial charge in [0.15, 0.2) is 5.69 Å². The number of amides is 1. The van der Waals surface area contributed by atoms with Crippen LogP contribution in [-0.4, -0.2) is 44.1 Å². The van der Waals surface area contributed by atoms with Crippen molar-refractivity contribution in [2.45, 2.75) is 31.3 Å². The first-order valence-electron chi connectivity index (χ1n) is 5.72. The molecule has 0 unspecified atom stereocenters. The Balaban J connectivity index is 1.77. The molecule has 98 valence electrons. The summed E-state index contributed by atoms with van der Waals surface area (Å²) >= 11 is 0. The van der Waals surface area contributed by atoms with Gasteiger partial charge in [-0.25, -0.2) is 9.48 Å². The normalized spacial score (nSPS) is 16.9. The van der Waals surface area contributed by atoms with Gasteiger partial charge in [-0.15, -0.1) is 5.10 Å². The van der Waals surface area contributed by atoms with E-state index in [4.69, 9.17) is 10.8 Å². The fourth-order valence-corrected chi connectivity index (χ4v) is 1.75. The molecule has 1 aliphatic carbocycles. The molecule has 0 radical (unpaired) electrons. The lowest BCUT2D eigenvalue weighted by molar-refractivity contribution is -0.129. The van der Waals surface area contributed by atoms with Gasteiger partial charge in [0.05, 0.1) is 18.3 Å². The summed E-state index contributed by atoms with van der Waals surface area (Å²) in [5.74, 6) is -1.28. The molecule has 2 rings (SSSR count). The number of aromatic nitrogens is 3. The second-order valence-electron chi connectivity index (χ2n) is 4.44. The zero-order valence-corrected chi connectivity index (χ0v) is 9.80. The van der Waals surface area contributed by atoms with E-state index in [0.29, 0.717) is 25.9 Å². The molecule has 18 heavy (non-hydrogen) atoms. The summed E-state index contributed by atoms with van der Waals surface area (Å²) in [5.41, 5.74) is 5.02. The average molecular weight is 253 g/mol. The van der Waals surface area contributed by atoms with Crippen molar-refractivity contribution in [2.24, 2.45) is 5.73 Å². The molecule has 1 aromatic heterocycles. The van der Waals surface area contributed by atoms with Crippen LogP contribution in [0.4, 0.5) is 0 Å². The van der Waals surface area contributed by atoms with Gasteiger partial charge in [-0.1, -0.05) is 5.21 Å². The molecule has 0 saturated heterocycles. The van der Waals surface area contributed by atoms with Crippen LogP contribution in [-0.2, 0) is 11.3 Å². The van der Waals surface area contributed by atoms with Gasteiger partial charge < -0.3 is 16.2 Å². The predicted molar refractivity (Wildman–Crippen MR) is 60.8 cm³/mol. The minimum atomic E-state index is -1.12. The molecule has 1 amide bonds. The molecule has 8 heteroatoms. The second kappa shape index (κ2) is 4.73. The number of nitrogens with zero attached hydrogens (tertiary/aromatic N) is 3. The SMILES string of the molecule is NC1(C(=O)NCCn2cc(C(=O)O)nn2)CCC1. The highest BCUT2D eigenvalue weighted by atomic mass is 16.4. The van der Waals surface area contributed by atoms with E-state index in [1.165, 1.54) is 10.9 Å². The van der Waals surface area contributed by atoms with E-state index in [1.807, 2.05) is 0 Å². The molecule has 0 atom stereocenters. The maximum Gasteiger partial charge on any atom is 0.358 e. The Hall–Kier alpha value is -1.96. The number of nitrogens with two attached hydrogens (primary N) is 1. The summed E-state index contributed by atoms with van der Waals surface area (Å²) in [6, 6.07) is 0. The van der Waals surface area contributed by atoms with Gasteiger partial charge >= 0.3 is 5.97 Å². The summed E-state index contributed by atoms with van der Waals surface area (Å²) < 4.78 is 1.37. The summed E-state index contributed by atoms with van der Waals surface area (Å²) in [4.78, 5) is 22.2. The number of carboxylic acid groups (broad SMARTS) is 1. The van der Waals surface area contributed by atoms with Crippen LogP contribution < -0.4 is 11.1 Å². The molecule has 1 aromatic rings. The van der Waals surface area contributed by atoms with E-state index < -0.39 is 11.5 Å². The van der Waals surface area contributed by atoms with Crippen LogP contribution >= 0.6 is 0 Å². The highest BCUT2D eigenvalue weighted by Gasteiger charge is 2.39. The topological polar surface area (TPSA) is 123 Å². The lowest BCUT2D eigenvalue weighted by Crippen LogP contribution is -2.58. The largest absolute Gasteiger partial charge is 0.476 e. The fraction of sp³-hybridized carbons (Fsp3) is 0.600. The molecule has 8 nitrogen and oxygen atoms in total. The van der Waals surface area contributed by atoms with Gasteiger partial charge in [0.25, 0.3) is 0 Å². The third-order valence-electron chi connectivity index (χ3n) is 3.08. The van der Waals surface area contributed by atoms with Crippen molar-refractivity contribution < 1.29 is 14.7 Å². The molecule has 1 fully saturated rings. The van der Waals surface area contributed by atoms with Crippen molar-refractivity contribution in [3.63, 3.8) is 0 Å². The van der Waals surface area contributed by atoms with Gasteiger partial charge in [0.2, 0.25) is 5.91 Å². The molecule has 1 heterocycles. The smallest absolute Gasteiger partial charge is 0.358 e. The van der Waals surface area contributed by atoms with E-state index in [9.17, 15) is 9.59 Å². The first-order chi connectivity index (χ1) is 8.51. The second-order valence-corrected chi connectivity index (χ2v) is 4.44. The Bertz CT molecular complexity index is 466. The average Bonchev–Trinajstić information content (AvgIpc) is 2.74. The van der Waals surface area contributed by atoms with E-state index >= 15 is 0 Å². The summed E-state index contributed by atoms with van der Waals surface area (Å²) in [5, 5.41) is 18.5. The highest BCUT2D eigenvalue weighted by Crippen LogP contribution is 2.28.